The third-order valence-electron chi connectivity index (χ3n) is 7.96. The van der Waals surface area contributed by atoms with Gasteiger partial charge in [-0.25, -0.2) is 0 Å². The monoisotopic (exact) mass is 388 g/mol. The first-order valence-electron chi connectivity index (χ1n) is 11.0. The zero-order chi connectivity index (χ0) is 20.0. The summed E-state index contributed by atoms with van der Waals surface area (Å²) in [6.45, 7) is 17.0. The number of ether oxygens (including phenoxy) is 1. The van der Waals surface area contributed by atoms with Gasteiger partial charge in [0, 0.05) is 0 Å². The van der Waals surface area contributed by atoms with Crippen molar-refractivity contribution >= 4 is 8.32 Å². The molecule has 0 radical (unpaired) electrons. The Morgan fingerprint density at radius 2 is 1.63 bits per heavy atom. The van der Waals surface area contributed by atoms with Crippen molar-refractivity contribution in [2.45, 2.75) is 103 Å². The Hall–Kier alpha value is -0.803. The molecule has 0 aliphatic heterocycles. The first-order chi connectivity index (χ1) is 12.7. The highest BCUT2D eigenvalue weighted by Crippen LogP contribution is 2.59. The van der Waals surface area contributed by atoms with Gasteiger partial charge in [-0.15, -0.1) is 0 Å². The molecular formula is C24H40O2Si. The second-order valence-corrected chi connectivity index (χ2v) is 15.5. The van der Waals surface area contributed by atoms with Crippen LogP contribution in [0.2, 0.25) is 16.6 Å². The molecule has 0 spiro atoms. The van der Waals surface area contributed by atoms with Gasteiger partial charge < -0.3 is 9.16 Å². The molecule has 1 saturated carbocycles. The van der Waals surface area contributed by atoms with Crippen LogP contribution in [0, 0.1) is 5.41 Å². The van der Waals surface area contributed by atoms with Crippen molar-refractivity contribution in [3.63, 3.8) is 0 Å². The lowest BCUT2D eigenvalue weighted by atomic mass is 9.66. The number of aryl methyl sites for hydroxylation is 1. The van der Waals surface area contributed by atoms with E-state index in [2.05, 4.69) is 66.7 Å². The minimum Gasteiger partial charge on any atom is -0.497 e. The van der Waals surface area contributed by atoms with Crippen LogP contribution in [0.5, 0.6) is 5.75 Å². The van der Waals surface area contributed by atoms with Crippen LogP contribution in [0.4, 0.5) is 0 Å². The molecule has 0 aromatic heterocycles. The van der Waals surface area contributed by atoms with Crippen LogP contribution in [0.3, 0.4) is 0 Å². The van der Waals surface area contributed by atoms with Crippen molar-refractivity contribution in [3.8, 4) is 5.75 Å². The van der Waals surface area contributed by atoms with Gasteiger partial charge in [0.05, 0.1) is 13.2 Å². The van der Waals surface area contributed by atoms with Gasteiger partial charge in [0.1, 0.15) is 5.75 Å². The Morgan fingerprint density at radius 1 is 1.00 bits per heavy atom. The molecule has 1 aromatic rings. The second-order valence-electron chi connectivity index (χ2n) is 10.1. The molecule has 1 aromatic carbocycles. The van der Waals surface area contributed by atoms with E-state index in [0.717, 1.165) is 12.2 Å². The minimum atomic E-state index is -1.84. The fraction of sp³-hybridized carbons (Fsp3) is 0.750. The zero-order valence-corrected chi connectivity index (χ0v) is 19.8. The molecule has 1 fully saturated rings. The van der Waals surface area contributed by atoms with E-state index < -0.39 is 8.32 Å². The van der Waals surface area contributed by atoms with Gasteiger partial charge in [0.2, 0.25) is 8.32 Å². The summed E-state index contributed by atoms with van der Waals surface area (Å²) in [4.78, 5) is 0. The summed E-state index contributed by atoms with van der Waals surface area (Å²) in [5.41, 5.74) is 5.29. The number of hydrogen-bond donors (Lipinski definition) is 0. The number of benzene rings is 1. The van der Waals surface area contributed by atoms with E-state index in [1.807, 2.05) is 0 Å². The van der Waals surface area contributed by atoms with E-state index in [4.69, 9.17) is 9.16 Å². The average Bonchev–Trinajstić information content (AvgIpc) is 2.94. The number of methoxy groups -OCH3 is 1. The molecule has 2 nitrogen and oxygen atoms in total. The minimum absolute atomic E-state index is 0.276. The third kappa shape index (κ3) is 3.29. The fourth-order valence-corrected chi connectivity index (χ4v) is 12.3. The Bertz CT molecular complexity index is 645. The van der Waals surface area contributed by atoms with Gasteiger partial charge in [-0.3, -0.25) is 0 Å². The van der Waals surface area contributed by atoms with E-state index in [0.29, 0.717) is 28.6 Å². The van der Waals surface area contributed by atoms with Crippen LogP contribution in [0.25, 0.3) is 0 Å². The van der Waals surface area contributed by atoms with Crippen molar-refractivity contribution in [2.24, 2.45) is 5.41 Å². The lowest BCUT2D eigenvalue weighted by molar-refractivity contribution is 0.0511. The smallest absolute Gasteiger partial charge is 0.200 e. The van der Waals surface area contributed by atoms with E-state index in [9.17, 15) is 0 Å². The molecule has 2 aliphatic carbocycles. The van der Waals surface area contributed by atoms with Gasteiger partial charge in [-0.1, -0.05) is 54.5 Å². The molecule has 0 saturated heterocycles. The lowest BCUT2D eigenvalue weighted by Crippen LogP contribution is -2.53. The summed E-state index contributed by atoms with van der Waals surface area (Å²) in [6.07, 6.45) is 5.28. The lowest BCUT2D eigenvalue weighted by Gasteiger charge is -2.49. The second kappa shape index (κ2) is 7.55. The highest BCUT2D eigenvalue weighted by Gasteiger charge is 2.55. The first kappa shape index (κ1) is 20.9. The Morgan fingerprint density at radius 3 is 2.19 bits per heavy atom. The van der Waals surface area contributed by atoms with Gasteiger partial charge in [-0.2, -0.15) is 0 Å². The van der Waals surface area contributed by atoms with Gasteiger partial charge in [0.25, 0.3) is 0 Å². The standard InChI is InChI=1S/C24H40O2Si/c1-16(2)27(17(3)4,18(5)6)26-23-12-11-22-21-10-9-20(25-8)15-19(21)13-14-24(22,23)7/h9-10,15-18,22-23H,11-14H2,1-8H3/t22-,23+,24-/m1/s1. The first-order valence-corrected chi connectivity index (χ1v) is 13.2. The molecule has 0 N–H and O–H groups in total. The SMILES string of the molecule is COc1ccc2c(c1)CC[C@@]1(C)[C@@H](O[Si](C(C)C)(C(C)C)C(C)C)CC[C@H]21. The van der Waals surface area contributed by atoms with Crippen molar-refractivity contribution in [1.29, 1.82) is 0 Å². The summed E-state index contributed by atoms with van der Waals surface area (Å²) in [5.74, 6) is 1.63. The molecule has 152 valence electrons. The molecule has 0 unspecified atom stereocenters. The van der Waals surface area contributed by atoms with Gasteiger partial charge in [-0.05, 0) is 76.9 Å². The highest BCUT2D eigenvalue weighted by molar-refractivity contribution is 6.77. The van der Waals surface area contributed by atoms with E-state index in [1.54, 1.807) is 12.7 Å². The van der Waals surface area contributed by atoms with Crippen molar-refractivity contribution in [3.05, 3.63) is 29.3 Å². The van der Waals surface area contributed by atoms with E-state index >= 15 is 0 Å². The van der Waals surface area contributed by atoms with Crippen LogP contribution in [-0.2, 0) is 10.8 Å². The molecule has 3 heteroatoms. The summed E-state index contributed by atoms with van der Waals surface area (Å²) in [6, 6.07) is 6.74. The molecule has 3 atom stereocenters. The molecule has 0 heterocycles. The van der Waals surface area contributed by atoms with E-state index in [1.165, 1.54) is 24.8 Å². The Labute approximate surface area is 168 Å². The molecule has 27 heavy (non-hydrogen) atoms. The topological polar surface area (TPSA) is 18.5 Å². The number of rotatable bonds is 6. The number of fused-ring (bicyclic) bond motifs is 3. The average molecular weight is 389 g/mol. The quantitative estimate of drug-likeness (QED) is 0.484. The largest absolute Gasteiger partial charge is 0.497 e. The maximum Gasteiger partial charge on any atom is 0.200 e. The summed E-state index contributed by atoms with van der Waals surface area (Å²) < 4.78 is 12.8. The van der Waals surface area contributed by atoms with Crippen molar-refractivity contribution < 1.29 is 9.16 Å². The summed E-state index contributed by atoms with van der Waals surface area (Å²) >= 11 is 0. The van der Waals surface area contributed by atoms with Crippen LogP contribution in [0.1, 0.15) is 84.8 Å². The zero-order valence-electron chi connectivity index (χ0n) is 18.8. The number of hydrogen-bond acceptors (Lipinski definition) is 2. The van der Waals surface area contributed by atoms with Gasteiger partial charge in [0.15, 0.2) is 0 Å². The van der Waals surface area contributed by atoms with Crippen LogP contribution in [-0.4, -0.2) is 21.5 Å². The third-order valence-corrected chi connectivity index (χ3v) is 14.1. The van der Waals surface area contributed by atoms with Crippen LogP contribution < -0.4 is 4.74 Å². The molecule has 0 amide bonds. The van der Waals surface area contributed by atoms with Crippen LogP contribution in [0.15, 0.2) is 18.2 Å². The molecule has 2 aliphatic rings. The predicted octanol–water partition coefficient (Wildman–Crippen LogP) is 7.09. The van der Waals surface area contributed by atoms with E-state index in [-0.39, 0.29) is 5.41 Å². The Balaban J connectivity index is 1.92. The maximum atomic E-state index is 7.33. The van der Waals surface area contributed by atoms with Crippen molar-refractivity contribution in [2.75, 3.05) is 7.11 Å². The maximum absolute atomic E-state index is 7.33. The molecule has 3 rings (SSSR count). The van der Waals surface area contributed by atoms with Crippen LogP contribution >= 0.6 is 0 Å². The molecular weight excluding hydrogens is 348 g/mol. The van der Waals surface area contributed by atoms with Crippen molar-refractivity contribution in [1.82, 2.24) is 0 Å². The summed E-state index contributed by atoms with van der Waals surface area (Å²) in [5, 5.41) is 0. The highest BCUT2D eigenvalue weighted by atomic mass is 28.4. The fourth-order valence-electron chi connectivity index (χ4n) is 6.57. The molecule has 0 bridgehead atoms. The normalized spacial score (nSPS) is 28.0. The summed E-state index contributed by atoms with van der Waals surface area (Å²) in [7, 11) is -0.0763. The van der Waals surface area contributed by atoms with Gasteiger partial charge >= 0.3 is 0 Å². The Kier molecular flexibility index (Phi) is 5.85. The predicted molar refractivity (Wildman–Crippen MR) is 117 cm³/mol.